The van der Waals surface area contributed by atoms with E-state index in [1.807, 2.05) is 50.2 Å². The van der Waals surface area contributed by atoms with Crippen LogP contribution in [0.25, 0.3) is 0 Å². The van der Waals surface area contributed by atoms with Crippen molar-refractivity contribution in [2.24, 2.45) is 4.99 Å². The summed E-state index contributed by atoms with van der Waals surface area (Å²) < 4.78 is 0. The Balaban J connectivity index is 2.44. The standard InChI is InChI=1S/C18H31N5O2S/c1-5-19-18(22(4)14-16(24)23(6-2)7-3)21-12-9-11-20-17(25)15-10-8-13-26-15/h8,10,13H,5-7,9,11-12,14H2,1-4H3,(H,19,21)(H,20,25). The summed E-state index contributed by atoms with van der Waals surface area (Å²) in [5.41, 5.74) is 0. The minimum Gasteiger partial charge on any atom is -0.357 e. The summed E-state index contributed by atoms with van der Waals surface area (Å²) in [5, 5.41) is 7.98. The zero-order valence-corrected chi connectivity index (χ0v) is 17.1. The summed E-state index contributed by atoms with van der Waals surface area (Å²) in [4.78, 5) is 33.0. The van der Waals surface area contributed by atoms with Gasteiger partial charge in [-0.05, 0) is 38.6 Å². The second-order valence-corrected chi connectivity index (χ2v) is 6.69. The van der Waals surface area contributed by atoms with Crippen LogP contribution in [0.3, 0.4) is 0 Å². The average Bonchev–Trinajstić information content (AvgIpc) is 3.16. The molecule has 0 unspecified atom stereocenters. The first kappa shape index (κ1) is 22.0. The topological polar surface area (TPSA) is 77.0 Å². The highest BCUT2D eigenvalue weighted by Gasteiger charge is 2.14. The third-order valence-corrected chi connectivity index (χ3v) is 4.68. The highest BCUT2D eigenvalue weighted by molar-refractivity contribution is 7.12. The molecule has 1 aromatic heterocycles. The quantitative estimate of drug-likeness (QED) is 0.367. The summed E-state index contributed by atoms with van der Waals surface area (Å²) in [6.07, 6.45) is 0.740. The van der Waals surface area contributed by atoms with E-state index in [9.17, 15) is 9.59 Å². The lowest BCUT2D eigenvalue weighted by Crippen LogP contribution is -2.45. The first-order chi connectivity index (χ1) is 12.5. The number of nitrogens with zero attached hydrogens (tertiary/aromatic N) is 3. The highest BCUT2D eigenvalue weighted by Crippen LogP contribution is 2.07. The first-order valence-electron chi connectivity index (χ1n) is 9.12. The smallest absolute Gasteiger partial charge is 0.261 e. The number of carbonyl (C=O) groups excluding carboxylic acids is 2. The third kappa shape index (κ3) is 7.43. The Labute approximate surface area is 160 Å². The van der Waals surface area contributed by atoms with E-state index in [0.29, 0.717) is 38.7 Å². The van der Waals surface area contributed by atoms with E-state index in [-0.39, 0.29) is 11.8 Å². The Morgan fingerprint density at radius 1 is 1.19 bits per heavy atom. The molecular weight excluding hydrogens is 350 g/mol. The lowest BCUT2D eigenvalue weighted by Gasteiger charge is -2.25. The van der Waals surface area contributed by atoms with Gasteiger partial charge in [0.25, 0.3) is 5.91 Å². The van der Waals surface area contributed by atoms with Crippen LogP contribution in [0.15, 0.2) is 22.5 Å². The number of thiophene rings is 1. The van der Waals surface area contributed by atoms with Crippen LogP contribution in [0.5, 0.6) is 0 Å². The second-order valence-electron chi connectivity index (χ2n) is 5.74. The molecule has 0 bridgehead atoms. The van der Waals surface area contributed by atoms with E-state index < -0.39 is 0 Å². The van der Waals surface area contributed by atoms with Crippen molar-refractivity contribution in [3.63, 3.8) is 0 Å². The zero-order chi connectivity index (χ0) is 19.4. The molecule has 8 heteroatoms. The number of carbonyl (C=O) groups is 2. The number of hydrogen-bond acceptors (Lipinski definition) is 4. The van der Waals surface area contributed by atoms with E-state index in [2.05, 4.69) is 15.6 Å². The summed E-state index contributed by atoms with van der Waals surface area (Å²) >= 11 is 1.43. The van der Waals surface area contributed by atoms with Crippen LogP contribution < -0.4 is 10.6 Å². The normalized spacial score (nSPS) is 11.2. The summed E-state index contributed by atoms with van der Waals surface area (Å²) in [7, 11) is 1.86. The van der Waals surface area contributed by atoms with Crippen LogP contribution >= 0.6 is 11.3 Å². The van der Waals surface area contributed by atoms with Crippen molar-refractivity contribution >= 4 is 29.1 Å². The van der Waals surface area contributed by atoms with E-state index in [1.165, 1.54) is 11.3 Å². The van der Waals surface area contributed by atoms with Gasteiger partial charge in [-0.15, -0.1) is 11.3 Å². The fourth-order valence-electron chi connectivity index (χ4n) is 2.38. The predicted octanol–water partition coefficient (Wildman–Crippen LogP) is 1.63. The van der Waals surface area contributed by atoms with Gasteiger partial charge < -0.3 is 20.4 Å². The van der Waals surface area contributed by atoms with Gasteiger partial charge in [0, 0.05) is 39.8 Å². The lowest BCUT2D eigenvalue weighted by molar-refractivity contribution is -0.131. The maximum Gasteiger partial charge on any atom is 0.261 e. The largest absolute Gasteiger partial charge is 0.357 e. The van der Waals surface area contributed by atoms with Gasteiger partial charge >= 0.3 is 0 Å². The molecule has 0 spiro atoms. The molecule has 0 fully saturated rings. The molecule has 1 rings (SSSR count). The van der Waals surface area contributed by atoms with Gasteiger partial charge in [0.05, 0.1) is 11.4 Å². The van der Waals surface area contributed by atoms with Crippen LogP contribution in [0.1, 0.15) is 36.9 Å². The molecular formula is C18H31N5O2S. The van der Waals surface area contributed by atoms with Gasteiger partial charge in [-0.3, -0.25) is 14.6 Å². The molecule has 0 aliphatic rings. The number of aliphatic imine (C=N–C) groups is 1. The van der Waals surface area contributed by atoms with Crippen LogP contribution in [-0.2, 0) is 4.79 Å². The van der Waals surface area contributed by atoms with Crippen molar-refractivity contribution in [1.29, 1.82) is 0 Å². The number of likely N-dealkylation sites (N-methyl/N-ethyl adjacent to an activating group) is 2. The van der Waals surface area contributed by atoms with Crippen molar-refractivity contribution in [3.8, 4) is 0 Å². The predicted molar refractivity (Wildman–Crippen MR) is 108 cm³/mol. The van der Waals surface area contributed by atoms with Gasteiger partial charge in [-0.2, -0.15) is 0 Å². The van der Waals surface area contributed by atoms with Gasteiger partial charge in [0.15, 0.2) is 5.96 Å². The zero-order valence-electron chi connectivity index (χ0n) is 16.2. The van der Waals surface area contributed by atoms with E-state index in [1.54, 1.807) is 4.90 Å². The van der Waals surface area contributed by atoms with Crippen LogP contribution in [0.2, 0.25) is 0 Å². The highest BCUT2D eigenvalue weighted by atomic mass is 32.1. The maximum absolute atomic E-state index is 12.2. The Morgan fingerprint density at radius 2 is 1.92 bits per heavy atom. The van der Waals surface area contributed by atoms with Crippen molar-refractivity contribution in [2.45, 2.75) is 27.2 Å². The van der Waals surface area contributed by atoms with Crippen molar-refractivity contribution in [3.05, 3.63) is 22.4 Å². The lowest BCUT2D eigenvalue weighted by atomic mass is 10.4. The number of amides is 2. The molecule has 0 radical (unpaired) electrons. The minimum atomic E-state index is -0.0437. The monoisotopic (exact) mass is 381 g/mol. The first-order valence-corrected chi connectivity index (χ1v) is 10.00. The number of rotatable bonds is 10. The Kier molecular flexibility index (Phi) is 10.4. The van der Waals surface area contributed by atoms with Crippen LogP contribution in [0.4, 0.5) is 0 Å². The van der Waals surface area contributed by atoms with Crippen LogP contribution in [-0.4, -0.2) is 73.9 Å². The SMILES string of the molecule is CCNC(=NCCCNC(=O)c1cccs1)N(C)CC(=O)N(CC)CC. The van der Waals surface area contributed by atoms with Gasteiger partial charge in [-0.1, -0.05) is 6.07 Å². The van der Waals surface area contributed by atoms with Crippen molar-refractivity contribution in [2.75, 3.05) is 46.3 Å². The molecule has 0 aliphatic carbocycles. The molecule has 1 heterocycles. The van der Waals surface area contributed by atoms with Gasteiger partial charge in [0.1, 0.15) is 0 Å². The molecule has 146 valence electrons. The third-order valence-electron chi connectivity index (χ3n) is 3.81. The maximum atomic E-state index is 12.2. The number of hydrogen-bond donors (Lipinski definition) is 2. The number of guanidine groups is 1. The number of nitrogens with one attached hydrogen (secondary N) is 2. The second kappa shape index (κ2) is 12.3. The molecule has 0 saturated heterocycles. The van der Waals surface area contributed by atoms with Gasteiger partial charge in [-0.25, -0.2) is 0 Å². The minimum absolute atomic E-state index is 0.0437. The average molecular weight is 382 g/mol. The summed E-state index contributed by atoms with van der Waals surface area (Å²) in [5.74, 6) is 0.752. The molecule has 0 aromatic carbocycles. The Morgan fingerprint density at radius 3 is 2.50 bits per heavy atom. The Bertz CT molecular complexity index is 570. The van der Waals surface area contributed by atoms with E-state index in [4.69, 9.17) is 0 Å². The van der Waals surface area contributed by atoms with Gasteiger partial charge in [0.2, 0.25) is 5.91 Å². The fourth-order valence-corrected chi connectivity index (χ4v) is 3.02. The van der Waals surface area contributed by atoms with Crippen LogP contribution in [0, 0.1) is 0 Å². The Hall–Kier alpha value is -2.09. The molecule has 2 N–H and O–H groups in total. The fraction of sp³-hybridized carbons (Fsp3) is 0.611. The summed E-state index contributed by atoms with van der Waals surface area (Å²) in [6.45, 7) is 9.55. The molecule has 26 heavy (non-hydrogen) atoms. The van der Waals surface area contributed by atoms with E-state index >= 15 is 0 Å². The molecule has 1 aromatic rings. The van der Waals surface area contributed by atoms with Crippen molar-refractivity contribution < 1.29 is 9.59 Å². The molecule has 0 saturated carbocycles. The molecule has 0 atom stereocenters. The molecule has 2 amide bonds. The molecule has 0 aliphatic heterocycles. The van der Waals surface area contributed by atoms with E-state index in [0.717, 1.165) is 17.8 Å². The van der Waals surface area contributed by atoms with Crippen molar-refractivity contribution in [1.82, 2.24) is 20.4 Å². The molecule has 7 nitrogen and oxygen atoms in total. The summed E-state index contributed by atoms with van der Waals surface area (Å²) in [6, 6.07) is 3.67.